The molecule has 0 saturated carbocycles. The Kier molecular flexibility index (Phi) is 5.53. The molecule has 0 atom stereocenters. The van der Waals surface area contributed by atoms with Gasteiger partial charge in [-0.3, -0.25) is 0 Å². The van der Waals surface area contributed by atoms with Gasteiger partial charge in [-0.25, -0.2) is 17.5 Å². The van der Waals surface area contributed by atoms with Crippen molar-refractivity contribution in [2.75, 3.05) is 12.3 Å². The van der Waals surface area contributed by atoms with Gasteiger partial charge in [-0.15, -0.1) is 0 Å². The van der Waals surface area contributed by atoms with Crippen LogP contribution in [0.15, 0.2) is 23.1 Å². The van der Waals surface area contributed by atoms with Crippen LogP contribution in [0.3, 0.4) is 0 Å². The molecule has 1 rings (SSSR count). The van der Waals surface area contributed by atoms with E-state index >= 15 is 0 Å². The maximum atomic E-state index is 13.7. The van der Waals surface area contributed by atoms with E-state index in [9.17, 15) is 12.8 Å². The van der Waals surface area contributed by atoms with Crippen molar-refractivity contribution in [1.82, 2.24) is 4.72 Å². The third kappa shape index (κ3) is 4.18. The minimum Gasteiger partial charge on any atom is -0.399 e. The van der Waals surface area contributed by atoms with Gasteiger partial charge < -0.3 is 5.73 Å². The van der Waals surface area contributed by atoms with Crippen LogP contribution in [0.25, 0.3) is 0 Å². The predicted octanol–water partition coefficient (Wildman–Crippen LogP) is 2.61. The van der Waals surface area contributed by atoms with Crippen LogP contribution in [0, 0.1) is 23.6 Å². The topological polar surface area (TPSA) is 72.2 Å². The molecule has 3 N–H and O–H groups in total. The molecule has 1 aromatic rings. The lowest BCUT2D eigenvalue weighted by atomic mass is 9.86. The first-order chi connectivity index (χ1) is 9.15. The van der Waals surface area contributed by atoms with Crippen molar-refractivity contribution in [2.45, 2.75) is 32.6 Å². The smallest absolute Gasteiger partial charge is 0.243 e. The summed E-state index contributed by atoms with van der Waals surface area (Å²) in [6, 6.07) is 3.57. The van der Waals surface area contributed by atoms with Gasteiger partial charge >= 0.3 is 0 Å². The molecule has 4 nitrogen and oxygen atoms in total. The second kappa shape index (κ2) is 6.54. The summed E-state index contributed by atoms with van der Waals surface area (Å²) in [6.45, 7) is 8.47. The average molecular weight is 302 g/mol. The Bertz CT molecular complexity index is 548. The van der Waals surface area contributed by atoms with Crippen LogP contribution in [0.4, 0.5) is 10.1 Å². The van der Waals surface area contributed by atoms with Gasteiger partial charge in [0.25, 0.3) is 0 Å². The molecular formula is C14H23FN2O2S. The van der Waals surface area contributed by atoms with Gasteiger partial charge in [-0.05, 0) is 36.0 Å². The van der Waals surface area contributed by atoms with E-state index in [-0.39, 0.29) is 16.5 Å². The molecule has 1 aromatic carbocycles. The number of nitrogens with one attached hydrogen (secondary N) is 1. The van der Waals surface area contributed by atoms with Gasteiger partial charge in [-0.1, -0.05) is 27.7 Å². The first-order valence-corrected chi connectivity index (χ1v) is 8.18. The van der Waals surface area contributed by atoms with Crippen LogP contribution < -0.4 is 10.5 Å². The number of hydrogen-bond acceptors (Lipinski definition) is 3. The fourth-order valence-corrected chi connectivity index (χ4v) is 3.39. The fourth-order valence-electron chi connectivity index (χ4n) is 2.26. The van der Waals surface area contributed by atoms with Crippen molar-refractivity contribution in [3.63, 3.8) is 0 Å². The monoisotopic (exact) mass is 302 g/mol. The molecule has 0 spiro atoms. The van der Waals surface area contributed by atoms with E-state index in [1.54, 1.807) is 0 Å². The van der Waals surface area contributed by atoms with E-state index < -0.39 is 15.8 Å². The van der Waals surface area contributed by atoms with Crippen LogP contribution in [0.1, 0.15) is 27.7 Å². The van der Waals surface area contributed by atoms with Gasteiger partial charge in [-0.2, -0.15) is 0 Å². The maximum absolute atomic E-state index is 13.7. The van der Waals surface area contributed by atoms with Crippen LogP contribution >= 0.6 is 0 Å². The van der Waals surface area contributed by atoms with Crippen molar-refractivity contribution in [2.24, 2.45) is 17.8 Å². The van der Waals surface area contributed by atoms with Crippen molar-refractivity contribution in [3.8, 4) is 0 Å². The Balaban J connectivity index is 2.90. The lowest BCUT2D eigenvalue weighted by Crippen LogP contribution is -2.34. The normalized spacial score (nSPS) is 12.6. The van der Waals surface area contributed by atoms with E-state index in [1.165, 1.54) is 12.1 Å². The summed E-state index contributed by atoms with van der Waals surface area (Å²) in [6.07, 6.45) is 0. The summed E-state index contributed by atoms with van der Waals surface area (Å²) in [4.78, 5) is -0.363. The Hall–Kier alpha value is -1.14. The van der Waals surface area contributed by atoms with E-state index in [2.05, 4.69) is 4.72 Å². The molecule has 20 heavy (non-hydrogen) atoms. The SMILES string of the molecule is CC(C)C(CNS(=O)(=O)c1ccc(N)cc1F)C(C)C. The number of sulfonamides is 1. The molecule has 114 valence electrons. The highest BCUT2D eigenvalue weighted by Gasteiger charge is 2.23. The quantitative estimate of drug-likeness (QED) is 0.793. The van der Waals surface area contributed by atoms with Gasteiger partial charge in [0.15, 0.2) is 0 Å². The summed E-state index contributed by atoms with van der Waals surface area (Å²) in [5, 5.41) is 0. The number of nitrogens with two attached hydrogens (primary N) is 1. The second-order valence-electron chi connectivity index (χ2n) is 5.69. The van der Waals surface area contributed by atoms with E-state index in [0.717, 1.165) is 6.07 Å². The minimum atomic E-state index is -3.85. The van der Waals surface area contributed by atoms with Gasteiger partial charge in [0.05, 0.1) is 0 Å². The molecule has 0 unspecified atom stereocenters. The molecule has 0 fully saturated rings. The molecule has 0 aliphatic rings. The summed E-state index contributed by atoms with van der Waals surface area (Å²) in [5.74, 6) is 0.0488. The van der Waals surface area contributed by atoms with Gasteiger partial charge in [0.1, 0.15) is 10.7 Å². The summed E-state index contributed by atoms with van der Waals surface area (Å²) >= 11 is 0. The predicted molar refractivity (Wildman–Crippen MR) is 79.2 cm³/mol. The van der Waals surface area contributed by atoms with Crippen molar-refractivity contribution < 1.29 is 12.8 Å². The fraction of sp³-hybridized carbons (Fsp3) is 0.571. The van der Waals surface area contributed by atoms with Gasteiger partial charge in [0.2, 0.25) is 10.0 Å². The minimum absolute atomic E-state index is 0.196. The second-order valence-corrected chi connectivity index (χ2v) is 7.43. The molecule has 0 radical (unpaired) electrons. The Labute approximate surface area is 120 Å². The Morgan fingerprint density at radius 3 is 2.20 bits per heavy atom. The Morgan fingerprint density at radius 1 is 1.20 bits per heavy atom. The number of nitrogen functional groups attached to an aromatic ring is 1. The molecule has 0 heterocycles. The van der Waals surface area contributed by atoms with Gasteiger partial charge in [0, 0.05) is 12.2 Å². The molecule has 0 aliphatic heterocycles. The highest BCUT2D eigenvalue weighted by molar-refractivity contribution is 7.89. The lowest BCUT2D eigenvalue weighted by Gasteiger charge is -2.25. The Morgan fingerprint density at radius 2 is 1.75 bits per heavy atom. The van der Waals surface area contributed by atoms with E-state index in [4.69, 9.17) is 5.73 Å². The van der Waals surface area contributed by atoms with Crippen LogP contribution in [-0.4, -0.2) is 15.0 Å². The van der Waals surface area contributed by atoms with Crippen LogP contribution in [-0.2, 0) is 10.0 Å². The summed E-state index contributed by atoms with van der Waals surface area (Å²) in [7, 11) is -3.85. The summed E-state index contributed by atoms with van der Waals surface area (Å²) < 4.78 is 40.4. The third-order valence-electron chi connectivity index (χ3n) is 3.47. The zero-order chi connectivity index (χ0) is 15.5. The first-order valence-electron chi connectivity index (χ1n) is 6.70. The highest BCUT2D eigenvalue weighted by Crippen LogP contribution is 2.21. The summed E-state index contributed by atoms with van der Waals surface area (Å²) in [5.41, 5.74) is 5.62. The third-order valence-corrected chi connectivity index (χ3v) is 4.92. The van der Waals surface area contributed by atoms with Crippen molar-refractivity contribution in [1.29, 1.82) is 0 Å². The molecule has 6 heteroatoms. The van der Waals surface area contributed by atoms with Crippen LogP contribution in [0.2, 0.25) is 0 Å². The molecule has 0 aromatic heterocycles. The number of halogens is 1. The number of anilines is 1. The van der Waals surface area contributed by atoms with Crippen LogP contribution in [0.5, 0.6) is 0 Å². The average Bonchev–Trinajstić information content (AvgIpc) is 2.26. The molecule has 0 saturated heterocycles. The molecule has 0 amide bonds. The number of benzene rings is 1. The standard InChI is InChI=1S/C14H23FN2O2S/c1-9(2)12(10(3)4)8-17-20(18,19)14-6-5-11(16)7-13(14)15/h5-7,9-10,12,17H,8,16H2,1-4H3. The molecular weight excluding hydrogens is 279 g/mol. The van der Waals surface area contributed by atoms with E-state index in [0.29, 0.717) is 18.4 Å². The van der Waals surface area contributed by atoms with E-state index in [1.807, 2.05) is 27.7 Å². The number of hydrogen-bond donors (Lipinski definition) is 2. The first kappa shape index (κ1) is 16.9. The largest absolute Gasteiger partial charge is 0.399 e. The molecule has 0 aliphatic carbocycles. The maximum Gasteiger partial charge on any atom is 0.243 e. The van der Waals surface area contributed by atoms with Crippen molar-refractivity contribution >= 4 is 15.7 Å². The highest BCUT2D eigenvalue weighted by atomic mass is 32.2. The van der Waals surface area contributed by atoms with Crippen molar-refractivity contribution in [3.05, 3.63) is 24.0 Å². The zero-order valence-electron chi connectivity index (χ0n) is 12.4. The molecule has 0 bridgehead atoms. The zero-order valence-corrected chi connectivity index (χ0v) is 13.2. The number of rotatable bonds is 6. The lowest BCUT2D eigenvalue weighted by molar-refractivity contribution is 0.289.